The maximum absolute atomic E-state index is 12.1. The molecule has 0 atom stereocenters. The zero-order valence-electron chi connectivity index (χ0n) is 13.3. The van der Waals surface area contributed by atoms with Gasteiger partial charge in [-0.15, -0.1) is 0 Å². The molecule has 0 bridgehead atoms. The van der Waals surface area contributed by atoms with Crippen LogP contribution < -0.4 is 0 Å². The molecule has 0 unspecified atom stereocenters. The fraction of sp³-hybridized carbons (Fsp3) is 0.412. The summed E-state index contributed by atoms with van der Waals surface area (Å²) in [5.41, 5.74) is 4.75. The fourth-order valence-corrected chi connectivity index (χ4v) is 2.90. The van der Waals surface area contributed by atoms with Crippen molar-refractivity contribution in [1.82, 2.24) is 14.7 Å². The third kappa shape index (κ3) is 2.52. The highest BCUT2D eigenvalue weighted by atomic mass is 16.5. The molecule has 0 fully saturated rings. The average Bonchev–Trinajstić information content (AvgIpc) is 2.93. The number of nitrogens with zero attached hydrogens (tertiary/aromatic N) is 3. The van der Waals surface area contributed by atoms with Crippen molar-refractivity contribution in [2.75, 3.05) is 20.2 Å². The summed E-state index contributed by atoms with van der Waals surface area (Å²) in [5.74, 6) is -0.361. The summed E-state index contributed by atoms with van der Waals surface area (Å²) in [7, 11) is 1.40. The Morgan fingerprint density at radius 2 is 2.05 bits per heavy atom. The van der Waals surface area contributed by atoms with Crippen LogP contribution in [0.3, 0.4) is 0 Å². The maximum Gasteiger partial charge on any atom is 0.358 e. The quantitative estimate of drug-likeness (QED) is 0.816. The number of hydrogen-bond acceptors (Lipinski definition) is 4. The van der Waals surface area contributed by atoms with Crippen molar-refractivity contribution < 1.29 is 9.53 Å². The van der Waals surface area contributed by atoms with Gasteiger partial charge in [-0.3, -0.25) is 4.90 Å². The van der Waals surface area contributed by atoms with Crippen LogP contribution in [0.2, 0.25) is 0 Å². The minimum absolute atomic E-state index is 0.361. The lowest BCUT2D eigenvalue weighted by Gasteiger charge is -2.26. The van der Waals surface area contributed by atoms with Gasteiger partial charge in [-0.25, -0.2) is 9.48 Å². The van der Waals surface area contributed by atoms with Gasteiger partial charge in [0.05, 0.1) is 18.5 Å². The first-order valence-electron chi connectivity index (χ1n) is 7.62. The van der Waals surface area contributed by atoms with Crippen LogP contribution >= 0.6 is 0 Å². The molecular formula is C17H21N3O2. The summed E-state index contributed by atoms with van der Waals surface area (Å²) in [5, 5.41) is 4.55. The molecule has 0 saturated carbocycles. The molecule has 0 amide bonds. The van der Waals surface area contributed by atoms with Crippen LogP contribution in [0.25, 0.3) is 5.69 Å². The van der Waals surface area contributed by atoms with Crippen LogP contribution in [0.5, 0.6) is 0 Å². The lowest BCUT2D eigenvalue weighted by molar-refractivity contribution is 0.0591. The van der Waals surface area contributed by atoms with E-state index in [0.717, 1.165) is 43.0 Å². The van der Waals surface area contributed by atoms with E-state index in [1.54, 1.807) is 0 Å². The molecular weight excluding hydrogens is 278 g/mol. The number of benzene rings is 1. The molecule has 22 heavy (non-hydrogen) atoms. The monoisotopic (exact) mass is 299 g/mol. The molecule has 0 radical (unpaired) electrons. The Hall–Kier alpha value is -2.14. The van der Waals surface area contributed by atoms with Crippen molar-refractivity contribution in [3.05, 3.63) is 46.8 Å². The normalized spacial score (nSPS) is 14.7. The molecule has 0 N–H and O–H groups in total. The second kappa shape index (κ2) is 5.93. The molecule has 5 nitrogen and oxygen atoms in total. The van der Waals surface area contributed by atoms with Gasteiger partial charge in [0.15, 0.2) is 5.69 Å². The fourth-order valence-electron chi connectivity index (χ4n) is 2.90. The van der Waals surface area contributed by atoms with E-state index in [0.29, 0.717) is 5.69 Å². The Bertz CT molecular complexity index is 689. The van der Waals surface area contributed by atoms with E-state index in [1.165, 1.54) is 12.7 Å². The molecule has 1 aliphatic rings. The first-order valence-corrected chi connectivity index (χ1v) is 7.62. The lowest BCUT2D eigenvalue weighted by atomic mass is 10.0. The van der Waals surface area contributed by atoms with Crippen LogP contribution in [0.4, 0.5) is 0 Å². The van der Waals surface area contributed by atoms with Crippen LogP contribution in [0.1, 0.15) is 34.2 Å². The lowest BCUT2D eigenvalue weighted by Crippen LogP contribution is -2.31. The van der Waals surface area contributed by atoms with E-state index < -0.39 is 0 Å². The van der Waals surface area contributed by atoms with Gasteiger partial charge in [-0.05, 0) is 25.6 Å². The molecule has 1 aliphatic heterocycles. The molecule has 0 saturated heterocycles. The highest BCUT2D eigenvalue weighted by Gasteiger charge is 2.28. The first kappa shape index (κ1) is 14.8. The molecule has 2 heterocycles. The number of hydrogen-bond donors (Lipinski definition) is 0. The second-order valence-electron chi connectivity index (χ2n) is 5.63. The van der Waals surface area contributed by atoms with E-state index in [1.807, 2.05) is 16.8 Å². The minimum atomic E-state index is -0.361. The summed E-state index contributed by atoms with van der Waals surface area (Å²) in [6.07, 6.45) is 0.890. The Morgan fingerprint density at radius 1 is 1.32 bits per heavy atom. The van der Waals surface area contributed by atoms with Crippen LogP contribution in [-0.4, -0.2) is 40.8 Å². The summed E-state index contributed by atoms with van der Waals surface area (Å²) >= 11 is 0. The van der Waals surface area contributed by atoms with E-state index >= 15 is 0 Å². The number of aryl methyl sites for hydroxylation is 1. The number of fused-ring (bicyclic) bond motifs is 1. The predicted octanol–water partition coefficient (Wildman–Crippen LogP) is 2.35. The highest BCUT2D eigenvalue weighted by Crippen LogP contribution is 2.26. The van der Waals surface area contributed by atoms with Crippen molar-refractivity contribution in [3.63, 3.8) is 0 Å². The SMILES string of the molecule is CCN1CCc2c(c(C(=O)OC)nn2-c2ccc(C)cc2)C1. The molecule has 1 aromatic heterocycles. The number of carbonyl (C=O) groups excluding carboxylic acids is 1. The smallest absolute Gasteiger partial charge is 0.358 e. The van der Waals surface area contributed by atoms with Crippen molar-refractivity contribution >= 4 is 5.97 Å². The van der Waals surface area contributed by atoms with E-state index in [2.05, 4.69) is 36.0 Å². The van der Waals surface area contributed by atoms with Gasteiger partial charge in [0.25, 0.3) is 0 Å². The zero-order chi connectivity index (χ0) is 15.7. The molecule has 0 spiro atoms. The number of methoxy groups -OCH3 is 1. The number of likely N-dealkylation sites (N-methyl/N-ethyl adjacent to an activating group) is 1. The molecule has 3 rings (SSSR count). The van der Waals surface area contributed by atoms with Gasteiger partial charge < -0.3 is 4.74 Å². The Morgan fingerprint density at radius 3 is 2.68 bits per heavy atom. The largest absolute Gasteiger partial charge is 0.464 e. The summed E-state index contributed by atoms with van der Waals surface area (Å²) in [4.78, 5) is 14.4. The zero-order valence-corrected chi connectivity index (χ0v) is 13.3. The molecule has 2 aromatic rings. The van der Waals surface area contributed by atoms with Gasteiger partial charge in [-0.1, -0.05) is 24.6 Å². The Labute approximate surface area is 130 Å². The van der Waals surface area contributed by atoms with Crippen LogP contribution in [0.15, 0.2) is 24.3 Å². The van der Waals surface area contributed by atoms with E-state index in [4.69, 9.17) is 4.74 Å². The number of rotatable bonds is 3. The van der Waals surface area contributed by atoms with Crippen molar-refractivity contribution in [2.45, 2.75) is 26.8 Å². The first-order chi connectivity index (χ1) is 10.6. The highest BCUT2D eigenvalue weighted by molar-refractivity contribution is 5.89. The van der Waals surface area contributed by atoms with Gasteiger partial charge >= 0.3 is 5.97 Å². The summed E-state index contributed by atoms with van der Waals surface area (Å²) < 4.78 is 6.80. The van der Waals surface area contributed by atoms with Gasteiger partial charge in [0.1, 0.15) is 0 Å². The van der Waals surface area contributed by atoms with Crippen molar-refractivity contribution in [2.24, 2.45) is 0 Å². The number of ether oxygens (including phenoxy) is 1. The number of aromatic nitrogens is 2. The van der Waals surface area contributed by atoms with Gasteiger partial charge in [-0.2, -0.15) is 5.10 Å². The van der Waals surface area contributed by atoms with E-state index in [-0.39, 0.29) is 5.97 Å². The van der Waals surface area contributed by atoms with Crippen LogP contribution in [-0.2, 0) is 17.7 Å². The van der Waals surface area contributed by atoms with Crippen molar-refractivity contribution in [1.29, 1.82) is 0 Å². The average molecular weight is 299 g/mol. The van der Waals surface area contributed by atoms with Crippen LogP contribution in [0, 0.1) is 6.92 Å². The van der Waals surface area contributed by atoms with Crippen molar-refractivity contribution in [3.8, 4) is 5.69 Å². The minimum Gasteiger partial charge on any atom is -0.464 e. The Balaban J connectivity index is 2.10. The Kier molecular flexibility index (Phi) is 3.98. The van der Waals surface area contributed by atoms with Gasteiger partial charge in [0, 0.05) is 25.1 Å². The van der Waals surface area contributed by atoms with E-state index in [9.17, 15) is 4.79 Å². The third-order valence-corrected chi connectivity index (χ3v) is 4.24. The predicted molar refractivity (Wildman–Crippen MR) is 84.3 cm³/mol. The molecule has 1 aromatic carbocycles. The molecule has 116 valence electrons. The standard InChI is InChI=1S/C17H21N3O2/c1-4-19-10-9-15-14(11-19)16(17(21)22-3)18-20(15)13-7-5-12(2)6-8-13/h5-8H,4,9-11H2,1-3H3. The molecule has 5 heteroatoms. The van der Waals surface area contributed by atoms with Gasteiger partial charge in [0.2, 0.25) is 0 Å². The topological polar surface area (TPSA) is 47.4 Å². The maximum atomic E-state index is 12.1. The third-order valence-electron chi connectivity index (χ3n) is 4.24. The number of esters is 1. The molecule has 0 aliphatic carbocycles. The summed E-state index contributed by atoms with van der Waals surface area (Å²) in [6, 6.07) is 8.19. The summed E-state index contributed by atoms with van der Waals surface area (Å²) in [6.45, 7) is 6.90. The second-order valence-corrected chi connectivity index (χ2v) is 5.63. The number of carbonyl (C=O) groups is 1.